The van der Waals surface area contributed by atoms with Gasteiger partial charge in [-0.1, -0.05) is 19.3 Å². The van der Waals surface area contributed by atoms with Crippen molar-refractivity contribution in [1.29, 1.82) is 0 Å². The average Bonchev–Trinajstić information content (AvgIpc) is 2.91. The first-order chi connectivity index (χ1) is 10.7. The van der Waals surface area contributed by atoms with Crippen LogP contribution < -0.4 is 5.32 Å². The molecular formula is C15H21N5OS. The van der Waals surface area contributed by atoms with Gasteiger partial charge in [-0.25, -0.2) is 9.97 Å². The molecule has 1 saturated carbocycles. The molecule has 0 bridgehead atoms. The van der Waals surface area contributed by atoms with Crippen molar-refractivity contribution in [2.75, 3.05) is 5.75 Å². The standard InChI is InChI=1S/C15H21N5OS/c1-20-14-12(9-18-20)15(17-10-16-14)22-8-7-13(21)19-11-5-3-2-4-6-11/h9-11H,2-8H2,1H3,(H,19,21). The second-order valence-corrected chi connectivity index (χ2v) is 6.77. The lowest BCUT2D eigenvalue weighted by atomic mass is 9.95. The topological polar surface area (TPSA) is 72.7 Å². The molecule has 2 heterocycles. The van der Waals surface area contributed by atoms with Crippen molar-refractivity contribution in [3.8, 4) is 0 Å². The van der Waals surface area contributed by atoms with Crippen molar-refractivity contribution < 1.29 is 4.79 Å². The Labute approximate surface area is 134 Å². The van der Waals surface area contributed by atoms with Crippen molar-refractivity contribution in [2.45, 2.75) is 49.6 Å². The summed E-state index contributed by atoms with van der Waals surface area (Å²) < 4.78 is 1.73. The Morgan fingerprint density at radius 3 is 3.00 bits per heavy atom. The van der Waals surface area contributed by atoms with Crippen LogP contribution in [0.4, 0.5) is 0 Å². The monoisotopic (exact) mass is 319 g/mol. The van der Waals surface area contributed by atoms with Crippen LogP contribution in [0.1, 0.15) is 38.5 Å². The van der Waals surface area contributed by atoms with Gasteiger partial charge in [-0.3, -0.25) is 9.48 Å². The minimum Gasteiger partial charge on any atom is -0.353 e. The van der Waals surface area contributed by atoms with Crippen LogP contribution in [0.25, 0.3) is 11.0 Å². The van der Waals surface area contributed by atoms with E-state index in [4.69, 9.17) is 0 Å². The number of hydrogen-bond donors (Lipinski definition) is 1. The van der Waals surface area contributed by atoms with E-state index in [2.05, 4.69) is 20.4 Å². The zero-order valence-electron chi connectivity index (χ0n) is 12.8. The second kappa shape index (κ2) is 7.09. The zero-order chi connectivity index (χ0) is 15.4. The third kappa shape index (κ3) is 3.58. The highest BCUT2D eigenvalue weighted by atomic mass is 32.2. The molecule has 6 nitrogen and oxygen atoms in total. The van der Waals surface area contributed by atoms with E-state index < -0.39 is 0 Å². The number of nitrogens with zero attached hydrogens (tertiary/aromatic N) is 4. The Balaban J connectivity index is 1.50. The maximum Gasteiger partial charge on any atom is 0.221 e. The van der Waals surface area contributed by atoms with Crippen LogP contribution in [0.15, 0.2) is 17.6 Å². The number of aryl methyl sites for hydroxylation is 1. The van der Waals surface area contributed by atoms with Gasteiger partial charge < -0.3 is 5.32 Å². The molecule has 1 aliphatic rings. The normalized spacial score (nSPS) is 16.0. The molecule has 0 spiro atoms. The smallest absolute Gasteiger partial charge is 0.221 e. The number of rotatable bonds is 5. The molecule has 1 N–H and O–H groups in total. The van der Waals surface area contributed by atoms with Crippen molar-refractivity contribution in [3.63, 3.8) is 0 Å². The van der Waals surface area contributed by atoms with Crippen LogP contribution in [-0.4, -0.2) is 37.5 Å². The first-order valence-electron chi connectivity index (χ1n) is 7.79. The summed E-state index contributed by atoms with van der Waals surface area (Å²) in [5.74, 6) is 0.871. The number of thioether (sulfide) groups is 1. The van der Waals surface area contributed by atoms with E-state index in [-0.39, 0.29) is 5.91 Å². The number of aromatic nitrogens is 4. The van der Waals surface area contributed by atoms with Gasteiger partial charge in [0.1, 0.15) is 11.4 Å². The van der Waals surface area contributed by atoms with Gasteiger partial charge in [-0.2, -0.15) is 5.10 Å². The Hall–Kier alpha value is -1.63. The molecular weight excluding hydrogens is 298 g/mol. The molecule has 0 saturated heterocycles. The van der Waals surface area contributed by atoms with Gasteiger partial charge in [0.05, 0.1) is 11.6 Å². The fourth-order valence-electron chi connectivity index (χ4n) is 2.84. The van der Waals surface area contributed by atoms with Crippen LogP contribution in [0.3, 0.4) is 0 Å². The SMILES string of the molecule is Cn1ncc2c(SCCC(=O)NC3CCCCC3)ncnc21. The van der Waals surface area contributed by atoms with E-state index in [1.54, 1.807) is 29.0 Å². The van der Waals surface area contributed by atoms with Crippen LogP contribution in [0, 0.1) is 0 Å². The number of fused-ring (bicyclic) bond motifs is 1. The fourth-order valence-corrected chi connectivity index (χ4v) is 3.74. The molecule has 7 heteroatoms. The summed E-state index contributed by atoms with van der Waals surface area (Å²) in [5, 5.41) is 9.18. The largest absolute Gasteiger partial charge is 0.353 e. The molecule has 2 aromatic heterocycles. The van der Waals surface area contributed by atoms with E-state index in [1.807, 2.05) is 7.05 Å². The van der Waals surface area contributed by atoms with Gasteiger partial charge in [0.2, 0.25) is 5.91 Å². The minimum absolute atomic E-state index is 0.149. The van der Waals surface area contributed by atoms with Gasteiger partial charge in [-0.05, 0) is 12.8 Å². The Morgan fingerprint density at radius 2 is 2.18 bits per heavy atom. The van der Waals surface area contributed by atoms with E-state index in [9.17, 15) is 4.79 Å². The summed E-state index contributed by atoms with van der Waals surface area (Å²) in [7, 11) is 1.86. The maximum atomic E-state index is 12.0. The van der Waals surface area contributed by atoms with Gasteiger partial charge in [0.25, 0.3) is 0 Å². The number of carbonyl (C=O) groups excluding carboxylic acids is 1. The summed E-state index contributed by atoms with van der Waals surface area (Å²) in [6.45, 7) is 0. The molecule has 1 aliphatic carbocycles. The van der Waals surface area contributed by atoms with Crippen LogP contribution in [-0.2, 0) is 11.8 Å². The van der Waals surface area contributed by atoms with Gasteiger partial charge in [0.15, 0.2) is 5.65 Å². The lowest BCUT2D eigenvalue weighted by Gasteiger charge is -2.22. The highest BCUT2D eigenvalue weighted by molar-refractivity contribution is 7.99. The van der Waals surface area contributed by atoms with Gasteiger partial charge in [0, 0.05) is 25.3 Å². The third-order valence-electron chi connectivity index (χ3n) is 4.03. The number of amides is 1. The third-order valence-corrected chi connectivity index (χ3v) is 5.04. The molecule has 0 radical (unpaired) electrons. The second-order valence-electron chi connectivity index (χ2n) is 5.69. The Morgan fingerprint density at radius 1 is 1.36 bits per heavy atom. The molecule has 0 aliphatic heterocycles. The number of nitrogens with one attached hydrogen (secondary N) is 1. The summed E-state index contributed by atoms with van der Waals surface area (Å²) in [5.41, 5.74) is 0.823. The molecule has 1 fully saturated rings. The Bertz CT molecular complexity index is 650. The van der Waals surface area contributed by atoms with Crippen molar-refractivity contribution >= 4 is 28.7 Å². The average molecular weight is 319 g/mol. The van der Waals surface area contributed by atoms with Gasteiger partial charge in [-0.15, -0.1) is 11.8 Å². The number of carbonyl (C=O) groups is 1. The summed E-state index contributed by atoms with van der Waals surface area (Å²) in [4.78, 5) is 20.5. The molecule has 0 aromatic carbocycles. The molecule has 3 rings (SSSR count). The molecule has 2 aromatic rings. The minimum atomic E-state index is 0.149. The van der Waals surface area contributed by atoms with Crippen LogP contribution in [0.5, 0.6) is 0 Å². The van der Waals surface area contributed by atoms with Crippen LogP contribution in [0.2, 0.25) is 0 Å². The summed E-state index contributed by atoms with van der Waals surface area (Å²) in [6, 6.07) is 0.385. The summed E-state index contributed by atoms with van der Waals surface area (Å²) >= 11 is 1.59. The Kier molecular flexibility index (Phi) is 4.92. The van der Waals surface area contributed by atoms with Crippen molar-refractivity contribution in [1.82, 2.24) is 25.1 Å². The predicted octanol–water partition coefficient (Wildman–Crippen LogP) is 2.29. The highest BCUT2D eigenvalue weighted by Gasteiger charge is 2.15. The lowest BCUT2D eigenvalue weighted by molar-refractivity contribution is -0.121. The van der Waals surface area contributed by atoms with E-state index >= 15 is 0 Å². The molecule has 118 valence electrons. The van der Waals surface area contributed by atoms with E-state index in [0.29, 0.717) is 12.5 Å². The fraction of sp³-hybridized carbons (Fsp3) is 0.600. The highest BCUT2D eigenvalue weighted by Crippen LogP contribution is 2.24. The predicted molar refractivity (Wildman–Crippen MR) is 86.7 cm³/mol. The zero-order valence-corrected chi connectivity index (χ0v) is 13.6. The maximum absolute atomic E-state index is 12.0. The molecule has 0 atom stereocenters. The number of hydrogen-bond acceptors (Lipinski definition) is 5. The first-order valence-corrected chi connectivity index (χ1v) is 8.77. The van der Waals surface area contributed by atoms with Crippen LogP contribution >= 0.6 is 11.8 Å². The van der Waals surface area contributed by atoms with Crippen molar-refractivity contribution in [3.05, 3.63) is 12.5 Å². The summed E-state index contributed by atoms with van der Waals surface area (Å²) in [6.07, 6.45) is 9.87. The van der Waals surface area contributed by atoms with E-state index in [1.165, 1.54) is 19.3 Å². The van der Waals surface area contributed by atoms with E-state index in [0.717, 1.165) is 34.7 Å². The van der Waals surface area contributed by atoms with Crippen molar-refractivity contribution in [2.24, 2.45) is 7.05 Å². The van der Waals surface area contributed by atoms with Gasteiger partial charge >= 0.3 is 0 Å². The first kappa shape index (κ1) is 15.3. The molecule has 22 heavy (non-hydrogen) atoms. The quantitative estimate of drug-likeness (QED) is 0.676. The molecule has 1 amide bonds. The lowest BCUT2D eigenvalue weighted by Crippen LogP contribution is -2.36. The molecule has 0 unspecified atom stereocenters.